The summed E-state index contributed by atoms with van der Waals surface area (Å²) in [4.78, 5) is 2.25. The number of hydrogen-bond donors (Lipinski definition) is 1. The first-order chi connectivity index (χ1) is 10.1. The van der Waals surface area contributed by atoms with Gasteiger partial charge in [0.25, 0.3) is 0 Å². The van der Waals surface area contributed by atoms with Crippen LogP contribution in [0.1, 0.15) is 19.4 Å². The number of hydrogen-bond acceptors (Lipinski definition) is 5. The lowest BCUT2D eigenvalue weighted by Crippen LogP contribution is -2.52. The zero-order valence-electron chi connectivity index (χ0n) is 12.5. The number of morpholine rings is 1. The van der Waals surface area contributed by atoms with E-state index in [2.05, 4.69) is 24.8 Å². The van der Waals surface area contributed by atoms with Gasteiger partial charge in [-0.1, -0.05) is 0 Å². The Labute approximate surface area is 125 Å². The van der Waals surface area contributed by atoms with E-state index in [1.807, 2.05) is 0 Å². The minimum absolute atomic E-state index is 0.239. The van der Waals surface area contributed by atoms with Gasteiger partial charge in [0.1, 0.15) is 18.5 Å². The molecule has 0 bridgehead atoms. The SMILES string of the molecule is CC1COCC(C)N1CC(O)COc1ccc(C#N)cc1. The predicted octanol–water partition coefficient (Wildman–Crippen LogP) is 1.41. The highest BCUT2D eigenvalue weighted by molar-refractivity contribution is 5.34. The third kappa shape index (κ3) is 4.43. The second kappa shape index (κ2) is 7.41. The summed E-state index contributed by atoms with van der Waals surface area (Å²) in [5, 5.41) is 18.9. The molecule has 21 heavy (non-hydrogen) atoms. The molecule has 0 aromatic heterocycles. The molecule has 0 amide bonds. The van der Waals surface area contributed by atoms with Gasteiger partial charge in [-0.3, -0.25) is 4.90 Å². The fourth-order valence-corrected chi connectivity index (χ4v) is 2.51. The van der Waals surface area contributed by atoms with Crippen molar-refractivity contribution in [1.29, 1.82) is 5.26 Å². The Hall–Kier alpha value is -1.61. The van der Waals surface area contributed by atoms with Crippen molar-refractivity contribution < 1.29 is 14.6 Å². The maximum atomic E-state index is 10.1. The summed E-state index contributed by atoms with van der Waals surface area (Å²) < 4.78 is 11.0. The first-order valence-electron chi connectivity index (χ1n) is 7.24. The number of aliphatic hydroxyl groups is 1. The molecule has 1 aliphatic rings. The summed E-state index contributed by atoms with van der Waals surface area (Å²) in [6, 6.07) is 9.55. The van der Waals surface area contributed by atoms with Crippen LogP contribution in [0.15, 0.2) is 24.3 Å². The molecule has 1 aromatic carbocycles. The monoisotopic (exact) mass is 290 g/mol. The predicted molar refractivity (Wildman–Crippen MR) is 79.1 cm³/mol. The Morgan fingerprint density at radius 3 is 2.52 bits per heavy atom. The van der Waals surface area contributed by atoms with E-state index in [1.165, 1.54) is 0 Å². The smallest absolute Gasteiger partial charge is 0.119 e. The van der Waals surface area contributed by atoms with Crippen molar-refractivity contribution in [2.75, 3.05) is 26.4 Å². The van der Waals surface area contributed by atoms with Crippen molar-refractivity contribution in [2.24, 2.45) is 0 Å². The van der Waals surface area contributed by atoms with Gasteiger partial charge in [-0.2, -0.15) is 5.26 Å². The third-order valence-electron chi connectivity index (χ3n) is 3.70. The summed E-state index contributed by atoms with van der Waals surface area (Å²) in [6.07, 6.45) is -0.552. The molecule has 114 valence electrons. The fourth-order valence-electron chi connectivity index (χ4n) is 2.51. The first kappa shape index (κ1) is 15.8. The van der Waals surface area contributed by atoms with Crippen LogP contribution >= 0.6 is 0 Å². The van der Waals surface area contributed by atoms with E-state index >= 15 is 0 Å². The molecule has 0 radical (unpaired) electrons. The van der Waals surface area contributed by atoms with Crippen LogP contribution < -0.4 is 4.74 Å². The minimum atomic E-state index is -0.552. The lowest BCUT2D eigenvalue weighted by atomic mass is 10.1. The number of nitrogens with zero attached hydrogens (tertiary/aromatic N) is 2. The molecular formula is C16H22N2O3. The van der Waals surface area contributed by atoms with Crippen LogP contribution in [0.4, 0.5) is 0 Å². The van der Waals surface area contributed by atoms with Gasteiger partial charge in [-0.15, -0.1) is 0 Å². The van der Waals surface area contributed by atoms with Gasteiger partial charge in [0.15, 0.2) is 0 Å². The quantitative estimate of drug-likeness (QED) is 0.888. The summed E-state index contributed by atoms with van der Waals surface area (Å²) in [7, 11) is 0. The molecular weight excluding hydrogens is 268 g/mol. The zero-order valence-corrected chi connectivity index (χ0v) is 12.5. The topological polar surface area (TPSA) is 65.7 Å². The second-order valence-electron chi connectivity index (χ2n) is 5.53. The van der Waals surface area contributed by atoms with E-state index in [0.29, 0.717) is 43.2 Å². The van der Waals surface area contributed by atoms with Crippen LogP contribution in [-0.2, 0) is 4.74 Å². The molecule has 0 spiro atoms. The lowest BCUT2D eigenvalue weighted by Gasteiger charge is -2.39. The number of ether oxygens (including phenoxy) is 2. The second-order valence-corrected chi connectivity index (χ2v) is 5.53. The highest BCUT2D eigenvalue weighted by Crippen LogP contribution is 2.15. The van der Waals surface area contributed by atoms with Gasteiger partial charge in [0.05, 0.1) is 24.8 Å². The normalized spacial score (nSPS) is 24.3. The van der Waals surface area contributed by atoms with Crippen molar-refractivity contribution in [3.05, 3.63) is 29.8 Å². The van der Waals surface area contributed by atoms with Crippen LogP contribution in [-0.4, -0.2) is 54.6 Å². The molecule has 3 unspecified atom stereocenters. The maximum Gasteiger partial charge on any atom is 0.119 e. The first-order valence-corrected chi connectivity index (χ1v) is 7.24. The average molecular weight is 290 g/mol. The molecule has 1 fully saturated rings. The molecule has 0 aliphatic carbocycles. The van der Waals surface area contributed by atoms with Gasteiger partial charge in [0, 0.05) is 18.6 Å². The average Bonchev–Trinajstić information content (AvgIpc) is 2.49. The van der Waals surface area contributed by atoms with Crippen LogP contribution in [0, 0.1) is 11.3 Å². The molecule has 2 rings (SSSR count). The summed E-state index contributed by atoms with van der Waals surface area (Å²) in [5.41, 5.74) is 0.596. The standard InChI is InChI=1S/C16H22N2O3/c1-12-9-20-10-13(2)18(12)8-15(19)11-21-16-5-3-14(7-17)4-6-16/h3-6,12-13,15,19H,8-11H2,1-2H3. The number of nitriles is 1. The van der Waals surface area contributed by atoms with Gasteiger partial charge in [-0.05, 0) is 38.1 Å². The number of benzene rings is 1. The molecule has 1 heterocycles. The molecule has 1 N–H and O–H groups in total. The molecule has 0 saturated carbocycles. The molecule has 3 atom stereocenters. The maximum absolute atomic E-state index is 10.1. The Balaban J connectivity index is 1.81. The van der Waals surface area contributed by atoms with Crippen LogP contribution in [0.5, 0.6) is 5.75 Å². The molecule has 1 aliphatic heterocycles. The summed E-state index contributed by atoms with van der Waals surface area (Å²) in [5.74, 6) is 0.663. The zero-order chi connectivity index (χ0) is 15.2. The largest absolute Gasteiger partial charge is 0.491 e. The third-order valence-corrected chi connectivity index (χ3v) is 3.70. The van der Waals surface area contributed by atoms with E-state index in [9.17, 15) is 5.11 Å². The number of rotatable bonds is 5. The number of β-amino-alcohol motifs (C(OH)–C–C–N with tert-alkyl or cyclic N) is 1. The molecule has 5 nitrogen and oxygen atoms in total. The molecule has 1 saturated heterocycles. The van der Waals surface area contributed by atoms with Crippen LogP contribution in [0.25, 0.3) is 0 Å². The van der Waals surface area contributed by atoms with E-state index in [-0.39, 0.29) is 6.61 Å². The van der Waals surface area contributed by atoms with Gasteiger partial charge in [0.2, 0.25) is 0 Å². The van der Waals surface area contributed by atoms with Crippen molar-refractivity contribution in [3.8, 4) is 11.8 Å². The highest BCUT2D eigenvalue weighted by atomic mass is 16.5. The van der Waals surface area contributed by atoms with E-state index in [0.717, 1.165) is 0 Å². The minimum Gasteiger partial charge on any atom is -0.491 e. The van der Waals surface area contributed by atoms with Crippen molar-refractivity contribution in [3.63, 3.8) is 0 Å². The van der Waals surface area contributed by atoms with Gasteiger partial charge in [-0.25, -0.2) is 0 Å². The summed E-state index contributed by atoms with van der Waals surface area (Å²) >= 11 is 0. The Morgan fingerprint density at radius 1 is 1.33 bits per heavy atom. The van der Waals surface area contributed by atoms with E-state index in [1.54, 1.807) is 24.3 Å². The van der Waals surface area contributed by atoms with E-state index in [4.69, 9.17) is 14.7 Å². The van der Waals surface area contributed by atoms with Crippen molar-refractivity contribution >= 4 is 0 Å². The Morgan fingerprint density at radius 2 is 1.95 bits per heavy atom. The lowest BCUT2D eigenvalue weighted by molar-refractivity contribution is -0.0579. The Kier molecular flexibility index (Phi) is 5.57. The molecule has 1 aromatic rings. The highest BCUT2D eigenvalue weighted by Gasteiger charge is 2.27. The van der Waals surface area contributed by atoms with Crippen molar-refractivity contribution in [2.45, 2.75) is 32.0 Å². The summed E-state index contributed by atoms with van der Waals surface area (Å²) in [6.45, 7) is 6.42. The van der Waals surface area contributed by atoms with E-state index < -0.39 is 6.10 Å². The van der Waals surface area contributed by atoms with Crippen LogP contribution in [0.2, 0.25) is 0 Å². The van der Waals surface area contributed by atoms with Crippen LogP contribution in [0.3, 0.4) is 0 Å². The molecule has 5 heteroatoms. The Bertz CT molecular complexity index is 473. The van der Waals surface area contributed by atoms with Crippen molar-refractivity contribution in [1.82, 2.24) is 4.90 Å². The van der Waals surface area contributed by atoms with Gasteiger partial charge < -0.3 is 14.6 Å². The fraction of sp³-hybridized carbons (Fsp3) is 0.562. The number of aliphatic hydroxyl groups excluding tert-OH is 1. The van der Waals surface area contributed by atoms with Gasteiger partial charge >= 0.3 is 0 Å².